The van der Waals surface area contributed by atoms with E-state index in [1.165, 1.54) is 0 Å². The summed E-state index contributed by atoms with van der Waals surface area (Å²) in [4.78, 5) is 19.6. The van der Waals surface area contributed by atoms with E-state index < -0.39 is 0 Å². The molecule has 0 saturated heterocycles. The van der Waals surface area contributed by atoms with Gasteiger partial charge in [0.1, 0.15) is 0 Å². The number of rotatable bonds is 2. The average molecular weight is 282 g/mol. The van der Waals surface area contributed by atoms with Crippen molar-refractivity contribution in [2.45, 2.75) is 19.3 Å². The number of anilines is 1. The summed E-state index contributed by atoms with van der Waals surface area (Å²) in [5.74, 6) is -0.0254. The minimum atomic E-state index is -0.0555. The summed E-state index contributed by atoms with van der Waals surface area (Å²) in [6, 6.07) is 5.65. The maximum absolute atomic E-state index is 12.4. The number of imidazole rings is 1. The molecule has 7 heteroatoms. The molecule has 1 unspecified atom stereocenters. The largest absolute Gasteiger partial charge is 0.345 e. The smallest absolute Gasteiger partial charge is 0.227 e. The maximum atomic E-state index is 12.4. The van der Waals surface area contributed by atoms with Crippen LogP contribution in [0.4, 0.5) is 5.69 Å². The molecule has 0 bridgehead atoms. The van der Waals surface area contributed by atoms with Gasteiger partial charge in [0.25, 0.3) is 0 Å². The normalized spacial score (nSPS) is 17.6. The van der Waals surface area contributed by atoms with Crippen LogP contribution in [0.3, 0.4) is 0 Å². The highest BCUT2D eigenvalue weighted by molar-refractivity contribution is 5.94. The highest BCUT2D eigenvalue weighted by atomic mass is 16.1. The monoisotopic (exact) mass is 282 g/mol. The van der Waals surface area contributed by atoms with Gasteiger partial charge in [0.2, 0.25) is 5.91 Å². The Bertz CT molecular complexity index is 805. The number of aromatic nitrogens is 5. The highest BCUT2D eigenvalue weighted by Gasteiger charge is 2.27. The highest BCUT2D eigenvalue weighted by Crippen LogP contribution is 2.24. The number of amides is 1. The van der Waals surface area contributed by atoms with Gasteiger partial charge < -0.3 is 10.3 Å². The third kappa shape index (κ3) is 2.16. The SMILES string of the molecule is O=C(Nc1ccc2nc[nH]c2c1)C1CCc2n[nH]nc2C1. The number of nitrogens with zero attached hydrogens (tertiary/aromatic N) is 3. The number of aryl methyl sites for hydroxylation is 1. The van der Waals surface area contributed by atoms with Gasteiger partial charge in [-0.05, 0) is 31.0 Å². The summed E-state index contributed by atoms with van der Waals surface area (Å²) in [6.45, 7) is 0. The van der Waals surface area contributed by atoms with Crippen LogP contribution >= 0.6 is 0 Å². The second kappa shape index (κ2) is 4.69. The second-order valence-corrected chi connectivity index (χ2v) is 5.28. The van der Waals surface area contributed by atoms with Crippen molar-refractivity contribution in [1.82, 2.24) is 25.4 Å². The lowest BCUT2D eigenvalue weighted by Crippen LogP contribution is -2.28. The first-order valence-electron chi connectivity index (χ1n) is 6.92. The van der Waals surface area contributed by atoms with Gasteiger partial charge in [0, 0.05) is 18.0 Å². The molecule has 0 spiro atoms. The molecule has 3 aromatic rings. The van der Waals surface area contributed by atoms with Crippen molar-refractivity contribution in [3.8, 4) is 0 Å². The zero-order valence-corrected chi connectivity index (χ0v) is 11.3. The van der Waals surface area contributed by atoms with E-state index in [1.54, 1.807) is 6.33 Å². The molecule has 1 atom stereocenters. The standard InChI is InChI=1S/C14H14N6O/c21-14(8-1-3-11-13(5-8)19-20-18-11)17-9-2-4-10-12(6-9)16-7-15-10/h2,4,6-8H,1,3,5H2,(H,15,16)(H,17,21)(H,18,19,20). The van der Waals surface area contributed by atoms with Crippen LogP contribution < -0.4 is 5.32 Å². The lowest BCUT2D eigenvalue weighted by atomic mass is 9.89. The van der Waals surface area contributed by atoms with Gasteiger partial charge in [0.15, 0.2) is 0 Å². The minimum Gasteiger partial charge on any atom is -0.345 e. The van der Waals surface area contributed by atoms with Crippen molar-refractivity contribution in [2.24, 2.45) is 5.92 Å². The molecule has 21 heavy (non-hydrogen) atoms. The van der Waals surface area contributed by atoms with Gasteiger partial charge in [-0.3, -0.25) is 4.79 Å². The summed E-state index contributed by atoms with van der Waals surface area (Å²) in [5.41, 5.74) is 4.47. The number of hydrogen-bond acceptors (Lipinski definition) is 4. The quantitative estimate of drug-likeness (QED) is 0.662. The van der Waals surface area contributed by atoms with E-state index in [0.29, 0.717) is 6.42 Å². The van der Waals surface area contributed by atoms with Gasteiger partial charge in [-0.2, -0.15) is 15.4 Å². The third-order valence-electron chi connectivity index (χ3n) is 3.93. The number of nitrogens with one attached hydrogen (secondary N) is 3. The summed E-state index contributed by atoms with van der Waals surface area (Å²) in [6.07, 6.45) is 3.88. The number of carbonyl (C=O) groups is 1. The van der Waals surface area contributed by atoms with Crippen molar-refractivity contribution < 1.29 is 4.79 Å². The maximum Gasteiger partial charge on any atom is 0.227 e. The first-order chi connectivity index (χ1) is 10.3. The van der Waals surface area contributed by atoms with E-state index in [0.717, 1.165) is 41.0 Å². The Morgan fingerprint density at radius 1 is 1.29 bits per heavy atom. The molecule has 0 fully saturated rings. The topological polar surface area (TPSA) is 99.4 Å². The van der Waals surface area contributed by atoms with Crippen molar-refractivity contribution in [2.75, 3.05) is 5.32 Å². The second-order valence-electron chi connectivity index (χ2n) is 5.28. The number of benzene rings is 1. The summed E-state index contributed by atoms with van der Waals surface area (Å²) in [5, 5.41) is 13.8. The molecule has 1 aliphatic rings. The number of H-pyrrole nitrogens is 2. The molecular formula is C14H14N6O. The number of hydrogen-bond donors (Lipinski definition) is 3. The van der Waals surface area contributed by atoms with E-state index in [1.807, 2.05) is 18.2 Å². The minimum absolute atomic E-state index is 0.0301. The summed E-state index contributed by atoms with van der Waals surface area (Å²) in [7, 11) is 0. The van der Waals surface area contributed by atoms with Crippen LogP contribution in [0.5, 0.6) is 0 Å². The third-order valence-corrected chi connectivity index (χ3v) is 3.93. The van der Waals surface area contributed by atoms with Crippen molar-refractivity contribution >= 4 is 22.6 Å². The van der Waals surface area contributed by atoms with Gasteiger partial charge in [-0.25, -0.2) is 4.98 Å². The van der Waals surface area contributed by atoms with E-state index >= 15 is 0 Å². The van der Waals surface area contributed by atoms with Crippen LogP contribution in [0.1, 0.15) is 17.8 Å². The Kier molecular flexibility index (Phi) is 2.70. The molecule has 2 aromatic heterocycles. The molecule has 0 aliphatic heterocycles. The van der Waals surface area contributed by atoms with Gasteiger partial charge >= 0.3 is 0 Å². The first-order valence-corrected chi connectivity index (χ1v) is 6.92. The van der Waals surface area contributed by atoms with Crippen molar-refractivity contribution in [3.63, 3.8) is 0 Å². The average Bonchev–Trinajstić information content (AvgIpc) is 3.14. The van der Waals surface area contributed by atoms with Crippen LogP contribution in [0.2, 0.25) is 0 Å². The predicted octanol–water partition coefficient (Wildman–Crippen LogP) is 1.42. The Hall–Kier alpha value is -2.70. The van der Waals surface area contributed by atoms with Crippen LogP contribution in [0.15, 0.2) is 24.5 Å². The number of fused-ring (bicyclic) bond motifs is 2. The van der Waals surface area contributed by atoms with E-state index in [-0.39, 0.29) is 11.8 Å². The Balaban J connectivity index is 1.50. The lowest BCUT2D eigenvalue weighted by Gasteiger charge is -2.19. The Labute approximate surface area is 120 Å². The van der Waals surface area contributed by atoms with Gasteiger partial charge in [0.05, 0.1) is 28.7 Å². The molecular weight excluding hydrogens is 268 g/mol. The zero-order valence-electron chi connectivity index (χ0n) is 11.3. The fourth-order valence-electron chi connectivity index (χ4n) is 2.77. The van der Waals surface area contributed by atoms with Crippen molar-refractivity contribution in [1.29, 1.82) is 0 Å². The molecule has 2 heterocycles. The fraction of sp³-hybridized carbons (Fsp3) is 0.286. The Morgan fingerprint density at radius 3 is 3.14 bits per heavy atom. The molecule has 1 aliphatic carbocycles. The molecule has 0 radical (unpaired) electrons. The molecule has 1 amide bonds. The zero-order chi connectivity index (χ0) is 14.2. The van der Waals surface area contributed by atoms with Crippen LogP contribution in [0, 0.1) is 5.92 Å². The fourth-order valence-corrected chi connectivity index (χ4v) is 2.77. The van der Waals surface area contributed by atoms with Gasteiger partial charge in [-0.15, -0.1) is 0 Å². The van der Waals surface area contributed by atoms with Crippen molar-refractivity contribution in [3.05, 3.63) is 35.9 Å². The molecule has 3 N–H and O–H groups in total. The molecule has 7 nitrogen and oxygen atoms in total. The predicted molar refractivity (Wildman–Crippen MR) is 76.6 cm³/mol. The first kappa shape index (κ1) is 12.1. The molecule has 1 aromatic carbocycles. The van der Waals surface area contributed by atoms with E-state index in [4.69, 9.17) is 0 Å². The molecule has 4 rings (SSSR count). The number of aromatic amines is 2. The van der Waals surface area contributed by atoms with Gasteiger partial charge in [-0.1, -0.05) is 0 Å². The van der Waals surface area contributed by atoms with E-state index in [9.17, 15) is 4.79 Å². The van der Waals surface area contributed by atoms with Crippen LogP contribution in [-0.2, 0) is 17.6 Å². The van der Waals surface area contributed by atoms with Crippen LogP contribution in [-0.4, -0.2) is 31.3 Å². The van der Waals surface area contributed by atoms with E-state index in [2.05, 4.69) is 30.7 Å². The lowest BCUT2D eigenvalue weighted by molar-refractivity contribution is -0.120. The molecule has 106 valence electrons. The summed E-state index contributed by atoms with van der Waals surface area (Å²) < 4.78 is 0. The Morgan fingerprint density at radius 2 is 2.19 bits per heavy atom. The number of carbonyl (C=O) groups excluding carboxylic acids is 1. The molecule has 0 saturated carbocycles. The summed E-state index contributed by atoms with van der Waals surface area (Å²) >= 11 is 0. The van der Waals surface area contributed by atoms with Crippen LogP contribution in [0.25, 0.3) is 11.0 Å².